The van der Waals surface area contributed by atoms with Gasteiger partial charge in [-0.1, -0.05) is 36.2 Å². The van der Waals surface area contributed by atoms with E-state index in [0.29, 0.717) is 36.0 Å². The van der Waals surface area contributed by atoms with Gasteiger partial charge in [-0.25, -0.2) is 0 Å². The second-order valence-electron chi connectivity index (χ2n) is 5.00. The number of hydrogen-bond donors (Lipinski definition) is 0. The van der Waals surface area contributed by atoms with Crippen LogP contribution in [0.4, 0.5) is 0 Å². The summed E-state index contributed by atoms with van der Waals surface area (Å²) >= 11 is 12.0. The Balaban J connectivity index is 2.05. The number of para-hydroxylation sites is 1. The molecule has 1 atom stereocenters. The van der Waals surface area contributed by atoms with Crippen LogP contribution < -0.4 is 4.74 Å². The maximum Gasteiger partial charge on any atom is 0.316 e. The number of rotatable bonds is 3. The molecule has 0 saturated carbocycles. The normalized spacial score (nSPS) is 18.4. The quantitative estimate of drug-likeness (QED) is 0.629. The van der Waals surface area contributed by atoms with Crippen LogP contribution in [0.1, 0.15) is 26.2 Å². The summed E-state index contributed by atoms with van der Waals surface area (Å²) in [4.78, 5) is 25.7. The Hall–Kier alpha value is -1.26. The Bertz CT molecular complexity index is 527. The van der Waals surface area contributed by atoms with E-state index in [1.165, 1.54) is 0 Å². The molecule has 1 saturated heterocycles. The molecule has 1 fully saturated rings. The van der Waals surface area contributed by atoms with Crippen molar-refractivity contribution in [3.8, 4) is 5.75 Å². The molecule has 0 bridgehead atoms. The third-order valence-corrected chi connectivity index (χ3v) is 4.13. The maximum absolute atomic E-state index is 12.3. The van der Waals surface area contributed by atoms with Crippen LogP contribution in [0.5, 0.6) is 5.75 Å². The maximum atomic E-state index is 12.3. The molecule has 21 heavy (non-hydrogen) atoms. The fraction of sp³-hybridized carbons (Fsp3) is 0.467. The zero-order valence-electron chi connectivity index (χ0n) is 11.8. The molecule has 1 aliphatic rings. The first-order valence-corrected chi connectivity index (χ1v) is 7.72. The minimum Gasteiger partial charge on any atom is -0.423 e. The Labute approximate surface area is 134 Å². The number of ether oxygens (including phenoxy) is 1. The van der Waals surface area contributed by atoms with Gasteiger partial charge in [-0.2, -0.15) is 0 Å². The molecule has 1 amide bonds. The number of esters is 1. The van der Waals surface area contributed by atoms with Gasteiger partial charge in [-0.3, -0.25) is 9.59 Å². The fourth-order valence-corrected chi connectivity index (χ4v) is 2.86. The molecule has 114 valence electrons. The van der Waals surface area contributed by atoms with Gasteiger partial charge in [0.15, 0.2) is 5.75 Å². The van der Waals surface area contributed by atoms with E-state index in [-0.39, 0.29) is 17.6 Å². The summed E-state index contributed by atoms with van der Waals surface area (Å²) in [6.07, 6.45) is 1.94. The molecular formula is C15H17Cl2NO3. The van der Waals surface area contributed by atoms with Crippen LogP contribution in [0, 0.1) is 5.92 Å². The molecule has 0 spiro atoms. The molecule has 1 aliphatic heterocycles. The molecule has 1 heterocycles. The van der Waals surface area contributed by atoms with Crippen LogP contribution in [0.25, 0.3) is 0 Å². The van der Waals surface area contributed by atoms with Crippen molar-refractivity contribution < 1.29 is 14.3 Å². The minimum atomic E-state index is -0.390. The summed E-state index contributed by atoms with van der Waals surface area (Å²) in [7, 11) is 0. The molecule has 2 rings (SSSR count). The van der Waals surface area contributed by atoms with Gasteiger partial charge in [0.05, 0.1) is 16.0 Å². The van der Waals surface area contributed by atoms with E-state index in [2.05, 4.69) is 0 Å². The number of amides is 1. The van der Waals surface area contributed by atoms with E-state index in [1.807, 2.05) is 6.92 Å². The summed E-state index contributed by atoms with van der Waals surface area (Å²) in [5.74, 6) is -0.478. The third-order valence-electron chi connectivity index (χ3n) is 3.53. The molecule has 1 unspecified atom stereocenters. The zero-order valence-corrected chi connectivity index (χ0v) is 13.3. The van der Waals surface area contributed by atoms with Crippen LogP contribution in [-0.4, -0.2) is 29.9 Å². The number of hydrogen-bond acceptors (Lipinski definition) is 3. The zero-order chi connectivity index (χ0) is 15.4. The van der Waals surface area contributed by atoms with Gasteiger partial charge >= 0.3 is 5.97 Å². The first kappa shape index (κ1) is 16.1. The summed E-state index contributed by atoms with van der Waals surface area (Å²) < 4.78 is 5.34. The lowest BCUT2D eigenvalue weighted by molar-refractivity contribution is -0.143. The molecule has 4 nitrogen and oxygen atoms in total. The lowest BCUT2D eigenvalue weighted by Crippen LogP contribution is -2.43. The topological polar surface area (TPSA) is 46.6 Å². The van der Waals surface area contributed by atoms with Gasteiger partial charge in [0.2, 0.25) is 5.91 Å². The second kappa shape index (κ2) is 7.14. The average molecular weight is 330 g/mol. The second-order valence-corrected chi connectivity index (χ2v) is 5.82. The Morgan fingerprint density at radius 3 is 2.62 bits per heavy atom. The first-order valence-electron chi connectivity index (χ1n) is 6.96. The van der Waals surface area contributed by atoms with E-state index in [1.54, 1.807) is 23.1 Å². The van der Waals surface area contributed by atoms with Crippen molar-refractivity contribution in [1.29, 1.82) is 0 Å². The highest BCUT2D eigenvalue weighted by atomic mass is 35.5. The number of benzene rings is 1. The molecule has 6 heteroatoms. The summed E-state index contributed by atoms with van der Waals surface area (Å²) in [5, 5.41) is 0.598. The highest BCUT2D eigenvalue weighted by Crippen LogP contribution is 2.33. The van der Waals surface area contributed by atoms with Gasteiger partial charge < -0.3 is 9.64 Å². The van der Waals surface area contributed by atoms with Gasteiger partial charge in [0.1, 0.15) is 0 Å². The van der Waals surface area contributed by atoms with Crippen molar-refractivity contribution in [2.75, 3.05) is 13.1 Å². The van der Waals surface area contributed by atoms with Crippen LogP contribution in [0.3, 0.4) is 0 Å². The third kappa shape index (κ3) is 3.89. The molecule has 0 N–H and O–H groups in total. The fourth-order valence-electron chi connectivity index (χ4n) is 2.38. The molecule has 1 aromatic rings. The molecule has 0 aromatic heterocycles. The largest absolute Gasteiger partial charge is 0.423 e. The van der Waals surface area contributed by atoms with Crippen LogP contribution in [0.2, 0.25) is 10.0 Å². The Morgan fingerprint density at radius 1 is 1.33 bits per heavy atom. The monoisotopic (exact) mass is 329 g/mol. The SMILES string of the molecule is CCC(=O)N1CCCC(C(=O)Oc2c(Cl)cccc2Cl)C1. The van der Waals surface area contributed by atoms with Crippen LogP contribution in [0.15, 0.2) is 18.2 Å². The highest BCUT2D eigenvalue weighted by Gasteiger charge is 2.29. The minimum absolute atomic E-state index is 0.0586. The van der Waals surface area contributed by atoms with Gasteiger partial charge in [-0.05, 0) is 25.0 Å². The van der Waals surface area contributed by atoms with Gasteiger partial charge in [-0.15, -0.1) is 0 Å². The highest BCUT2D eigenvalue weighted by molar-refractivity contribution is 6.37. The standard InChI is InChI=1S/C15H17Cl2NO3/c1-2-13(19)18-8-4-5-10(9-18)15(20)21-14-11(16)6-3-7-12(14)17/h3,6-7,10H,2,4-5,8-9H2,1H3. The van der Waals surface area contributed by atoms with Crippen LogP contribution in [-0.2, 0) is 9.59 Å². The lowest BCUT2D eigenvalue weighted by atomic mass is 9.98. The number of halogens is 2. The summed E-state index contributed by atoms with van der Waals surface area (Å²) in [6.45, 7) is 2.91. The van der Waals surface area contributed by atoms with Gasteiger partial charge in [0, 0.05) is 19.5 Å². The van der Waals surface area contributed by atoms with Crippen LogP contribution >= 0.6 is 23.2 Å². The number of carbonyl (C=O) groups excluding carboxylic acids is 2. The Morgan fingerprint density at radius 2 is 2.00 bits per heavy atom. The Kier molecular flexibility index (Phi) is 5.48. The predicted octanol–water partition coefficient (Wildman–Crippen LogP) is 3.55. The predicted molar refractivity (Wildman–Crippen MR) is 81.7 cm³/mol. The lowest BCUT2D eigenvalue weighted by Gasteiger charge is -2.31. The molecule has 1 aromatic carbocycles. The van der Waals surface area contributed by atoms with E-state index < -0.39 is 5.97 Å². The van der Waals surface area contributed by atoms with Crippen molar-refractivity contribution in [1.82, 2.24) is 4.90 Å². The van der Waals surface area contributed by atoms with Crippen molar-refractivity contribution in [3.63, 3.8) is 0 Å². The van der Waals surface area contributed by atoms with Crippen molar-refractivity contribution in [2.45, 2.75) is 26.2 Å². The van der Waals surface area contributed by atoms with E-state index in [4.69, 9.17) is 27.9 Å². The van der Waals surface area contributed by atoms with E-state index in [0.717, 1.165) is 6.42 Å². The molecule has 0 aliphatic carbocycles. The smallest absolute Gasteiger partial charge is 0.316 e. The number of piperidine rings is 1. The molecular weight excluding hydrogens is 313 g/mol. The first-order chi connectivity index (χ1) is 10.0. The van der Waals surface area contributed by atoms with Gasteiger partial charge in [0.25, 0.3) is 0 Å². The van der Waals surface area contributed by atoms with Crippen molar-refractivity contribution in [2.24, 2.45) is 5.92 Å². The number of nitrogens with zero attached hydrogens (tertiary/aromatic N) is 1. The van der Waals surface area contributed by atoms with Crippen molar-refractivity contribution in [3.05, 3.63) is 28.2 Å². The number of carbonyl (C=O) groups is 2. The number of likely N-dealkylation sites (tertiary alicyclic amines) is 1. The van der Waals surface area contributed by atoms with Crippen molar-refractivity contribution >= 4 is 35.1 Å². The summed E-state index contributed by atoms with van der Waals surface area (Å²) in [6, 6.07) is 4.91. The average Bonchev–Trinajstić information content (AvgIpc) is 2.50. The van der Waals surface area contributed by atoms with E-state index >= 15 is 0 Å². The molecule has 0 radical (unpaired) electrons. The summed E-state index contributed by atoms with van der Waals surface area (Å²) in [5.41, 5.74) is 0. The van der Waals surface area contributed by atoms with E-state index in [9.17, 15) is 9.59 Å².